The number of hydrogen-bond acceptors (Lipinski definition) is 3. The van der Waals surface area contributed by atoms with Gasteiger partial charge >= 0.3 is 0 Å². The number of thioether (sulfide) groups is 1. The highest BCUT2D eigenvalue weighted by molar-refractivity contribution is 9.10. The molecule has 3 aliphatic rings. The van der Waals surface area contributed by atoms with Crippen molar-refractivity contribution < 1.29 is 10.2 Å². The third kappa shape index (κ3) is 3.03. The van der Waals surface area contributed by atoms with Crippen molar-refractivity contribution in [1.82, 2.24) is 0 Å². The molecule has 0 radical (unpaired) electrons. The zero-order valence-corrected chi connectivity index (χ0v) is 18.5. The van der Waals surface area contributed by atoms with E-state index < -0.39 is 0 Å². The molecule has 2 nitrogen and oxygen atoms in total. The third-order valence-electron chi connectivity index (χ3n) is 7.76. The minimum Gasteiger partial charge on any atom is -0.508 e. The van der Waals surface area contributed by atoms with Gasteiger partial charge in [-0.15, -0.1) is 11.8 Å². The predicted molar refractivity (Wildman–Crippen MR) is 118 cm³/mol. The van der Waals surface area contributed by atoms with Crippen LogP contribution >= 0.6 is 27.7 Å². The summed E-state index contributed by atoms with van der Waals surface area (Å²) in [5.41, 5.74) is 2.82. The van der Waals surface area contributed by atoms with E-state index in [2.05, 4.69) is 53.2 Å². The van der Waals surface area contributed by atoms with Gasteiger partial charge in [-0.3, -0.25) is 0 Å². The number of aromatic hydroxyl groups is 1. The number of rotatable bonds is 2. The van der Waals surface area contributed by atoms with Crippen molar-refractivity contribution in [3.63, 3.8) is 0 Å². The molecule has 3 aliphatic carbocycles. The lowest BCUT2D eigenvalue weighted by Gasteiger charge is -2.52. The topological polar surface area (TPSA) is 40.5 Å². The fraction of sp³-hybridized carbons (Fsp3) is 0.500. The van der Waals surface area contributed by atoms with Gasteiger partial charge in [-0.1, -0.05) is 28.9 Å². The van der Waals surface area contributed by atoms with Gasteiger partial charge in [0.1, 0.15) is 5.75 Å². The van der Waals surface area contributed by atoms with E-state index in [-0.39, 0.29) is 11.5 Å². The van der Waals surface area contributed by atoms with Crippen LogP contribution in [-0.4, -0.2) is 21.6 Å². The molecule has 4 heteroatoms. The second-order valence-corrected chi connectivity index (χ2v) is 11.4. The summed E-state index contributed by atoms with van der Waals surface area (Å²) in [4.78, 5) is 1.31. The van der Waals surface area contributed by atoms with E-state index in [0.717, 1.165) is 36.6 Å². The highest BCUT2D eigenvalue weighted by Crippen LogP contribution is 2.62. The van der Waals surface area contributed by atoms with Gasteiger partial charge in [-0.05, 0) is 103 Å². The average Bonchev–Trinajstić information content (AvgIpc) is 2.98. The van der Waals surface area contributed by atoms with Crippen LogP contribution in [0.3, 0.4) is 0 Å². The second kappa shape index (κ2) is 7.07. The molecule has 2 fully saturated rings. The van der Waals surface area contributed by atoms with E-state index in [9.17, 15) is 10.2 Å². The predicted octanol–water partition coefficient (Wildman–Crippen LogP) is 6.14. The van der Waals surface area contributed by atoms with Gasteiger partial charge in [0.25, 0.3) is 0 Å². The fourth-order valence-electron chi connectivity index (χ4n) is 6.34. The normalized spacial score (nSPS) is 36.5. The number of phenols is 1. The van der Waals surface area contributed by atoms with Crippen LogP contribution in [0.4, 0.5) is 0 Å². The lowest BCUT2D eigenvalue weighted by molar-refractivity contribution is -0.0209. The summed E-state index contributed by atoms with van der Waals surface area (Å²) in [5, 5.41) is 21.3. The molecule has 0 bridgehead atoms. The molecule has 0 amide bonds. The van der Waals surface area contributed by atoms with Crippen LogP contribution in [0.2, 0.25) is 0 Å². The van der Waals surface area contributed by atoms with Crippen LogP contribution in [0.15, 0.2) is 51.8 Å². The van der Waals surface area contributed by atoms with Crippen LogP contribution in [0.25, 0.3) is 0 Å². The number of halogens is 1. The average molecular weight is 459 g/mol. The molecule has 6 atom stereocenters. The lowest BCUT2D eigenvalue weighted by atomic mass is 9.55. The molecule has 2 aromatic carbocycles. The van der Waals surface area contributed by atoms with E-state index in [1.165, 1.54) is 16.0 Å². The van der Waals surface area contributed by atoms with E-state index >= 15 is 0 Å². The lowest BCUT2D eigenvalue weighted by Crippen LogP contribution is -2.48. The van der Waals surface area contributed by atoms with E-state index in [1.54, 1.807) is 0 Å². The van der Waals surface area contributed by atoms with Gasteiger partial charge in [0.2, 0.25) is 0 Å². The van der Waals surface area contributed by atoms with Crippen molar-refractivity contribution in [2.75, 3.05) is 0 Å². The Morgan fingerprint density at radius 1 is 1.07 bits per heavy atom. The Morgan fingerprint density at radius 3 is 2.64 bits per heavy atom. The number of hydrogen-bond donors (Lipinski definition) is 2. The SMILES string of the molecule is C[C@]12CCC3c4ccc(O)cc4CC(Sc4ccc(Br)cc4)C3C1CCC2O. The molecular weight excluding hydrogens is 432 g/mol. The van der Waals surface area contributed by atoms with Crippen LogP contribution in [-0.2, 0) is 6.42 Å². The van der Waals surface area contributed by atoms with Crippen molar-refractivity contribution >= 4 is 27.7 Å². The quantitative estimate of drug-likeness (QED) is 0.567. The standard InChI is InChI=1S/C24H27BrO2S/c1-24-11-10-19-18-7-4-16(26)12-14(18)13-21(23(19)20(24)8-9-22(24)27)28-17-5-2-15(25)3-6-17/h2-7,12,19-23,26-27H,8-11,13H2,1H3/t19?,20?,21?,22?,23?,24-/m0/s1. The van der Waals surface area contributed by atoms with Crippen molar-refractivity contribution in [3.05, 3.63) is 58.1 Å². The zero-order valence-electron chi connectivity index (χ0n) is 16.1. The molecule has 0 aromatic heterocycles. The molecule has 5 rings (SSSR count). The summed E-state index contributed by atoms with van der Waals surface area (Å²) in [6, 6.07) is 14.6. The smallest absolute Gasteiger partial charge is 0.115 e. The van der Waals surface area contributed by atoms with Crippen molar-refractivity contribution in [2.24, 2.45) is 17.3 Å². The molecule has 0 aliphatic heterocycles. The number of aliphatic hydroxyl groups is 1. The van der Waals surface area contributed by atoms with Gasteiger partial charge in [-0.2, -0.15) is 0 Å². The molecule has 5 unspecified atom stereocenters. The van der Waals surface area contributed by atoms with Crippen molar-refractivity contribution in [3.8, 4) is 5.75 Å². The summed E-state index contributed by atoms with van der Waals surface area (Å²) < 4.78 is 1.11. The Hall–Kier alpha value is -0.970. The monoisotopic (exact) mass is 458 g/mol. The van der Waals surface area contributed by atoms with Crippen molar-refractivity contribution in [2.45, 2.75) is 61.2 Å². The summed E-state index contributed by atoms with van der Waals surface area (Å²) in [7, 11) is 0. The molecular formula is C24H27BrO2S. The zero-order chi connectivity index (χ0) is 19.5. The molecule has 2 saturated carbocycles. The Balaban J connectivity index is 1.55. The molecule has 28 heavy (non-hydrogen) atoms. The largest absolute Gasteiger partial charge is 0.508 e. The van der Waals surface area contributed by atoms with Crippen LogP contribution in [0.1, 0.15) is 49.7 Å². The number of aliphatic hydroxyl groups excluding tert-OH is 1. The molecule has 0 saturated heterocycles. The van der Waals surface area contributed by atoms with Gasteiger partial charge < -0.3 is 10.2 Å². The maximum Gasteiger partial charge on any atom is 0.115 e. The van der Waals surface area contributed by atoms with Crippen LogP contribution in [0.5, 0.6) is 5.75 Å². The molecule has 0 heterocycles. The fourth-order valence-corrected chi connectivity index (χ4v) is 8.05. The minimum absolute atomic E-state index is 0.0636. The molecule has 2 N–H and O–H groups in total. The maximum absolute atomic E-state index is 10.8. The number of phenolic OH excluding ortho intramolecular Hbond substituents is 1. The molecule has 2 aromatic rings. The highest BCUT2D eigenvalue weighted by Gasteiger charge is 2.56. The summed E-state index contributed by atoms with van der Waals surface area (Å²) in [5.74, 6) is 2.08. The molecule has 0 spiro atoms. The van der Waals surface area contributed by atoms with E-state index in [0.29, 0.717) is 28.8 Å². The minimum atomic E-state index is -0.155. The highest BCUT2D eigenvalue weighted by atomic mass is 79.9. The maximum atomic E-state index is 10.8. The summed E-state index contributed by atoms with van der Waals surface area (Å²) >= 11 is 5.53. The van der Waals surface area contributed by atoms with E-state index in [1.807, 2.05) is 23.9 Å². The summed E-state index contributed by atoms with van der Waals surface area (Å²) in [6.45, 7) is 2.33. The van der Waals surface area contributed by atoms with Crippen LogP contribution in [0, 0.1) is 17.3 Å². The van der Waals surface area contributed by atoms with Gasteiger partial charge in [0, 0.05) is 14.6 Å². The third-order valence-corrected chi connectivity index (χ3v) is 9.62. The van der Waals surface area contributed by atoms with Crippen molar-refractivity contribution in [1.29, 1.82) is 0 Å². The number of fused-ring (bicyclic) bond motifs is 5. The second-order valence-electron chi connectivity index (χ2n) is 9.13. The molecule has 148 valence electrons. The summed E-state index contributed by atoms with van der Waals surface area (Å²) in [6.07, 6.45) is 5.18. The van der Waals surface area contributed by atoms with Crippen LogP contribution < -0.4 is 0 Å². The Bertz CT molecular complexity index is 883. The van der Waals surface area contributed by atoms with Gasteiger partial charge in [0.05, 0.1) is 6.10 Å². The van der Waals surface area contributed by atoms with Gasteiger partial charge in [-0.25, -0.2) is 0 Å². The first-order chi connectivity index (χ1) is 13.5. The Kier molecular flexibility index (Phi) is 4.80. The Morgan fingerprint density at radius 2 is 1.86 bits per heavy atom. The first-order valence-corrected chi connectivity index (χ1v) is 12.0. The first-order valence-electron chi connectivity index (χ1n) is 10.4. The van der Waals surface area contributed by atoms with E-state index in [4.69, 9.17) is 0 Å². The Labute approximate surface area is 179 Å². The number of benzene rings is 2. The first kappa shape index (κ1) is 19.0. The van der Waals surface area contributed by atoms with Gasteiger partial charge in [0.15, 0.2) is 0 Å².